The lowest BCUT2D eigenvalue weighted by atomic mass is 10.0. The van der Waals surface area contributed by atoms with Gasteiger partial charge in [0.25, 0.3) is 0 Å². The van der Waals surface area contributed by atoms with Crippen LogP contribution >= 0.6 is 0 Å². The fourth-order valence-corrected chi connectivity index (χ4v) is 2.53. The number of hydrogen-bond donors (Lipinski definition) is 1. The van der Waals surface area contributed by atoms with Gasteiger partial charge >= 0.3 is 6.09 Å². The summed E-state index contributed by atoms with van der Waals surface area (Å²) in [5.41, 5.74) is 9.56. The third kappa shape index (κ3) is 7.56. The monoisotopic (exact) mass is 396 g/mol. The number of azide groups is 1. The molecular formula is C21H24N4O4. The van der Waals surface area contributed by atoms with Crippen LogP contribution in [-0.2, 0) is 22.6 Å². The lowest BCUT2D eigenvalue weighted by Crippen LogP contribution is -2.44. The summed E-state index contributed by atoms with van der Waals surface area (Å²) in [4.78, 5) is 26.9. The van der Waals surface area contributed by atoms with Crippen LogP contribution in [0.25, 0.3) is 10.4 Å². The number of carbonyl (C=O) groups is 2. The van der Waals surface area contributed by atoms with Crippen LogP contribution in [0.2, 0.25) is 0 Å². The maximum Gasteiger partial charge on any atom is 0.408 e. The van der Waals surface area contributed by atoms with Gasteiger partial charge in [0.15, 0.2) is 0 Å². The van der Waals surface area contributed by atoms with Crippen molar-refractivity contribution in [3.05, 3.63) is 76.2 Å². The van der Waals surface area contributed by atoms with E-state index in [1.165, 1.54) is 0 Å². The van der Waals surface area contributed by atoms with Crippen molar-refractivity contribution in [2.24, 2.45) is 5.11 Å². The molecule has 0 spiro atoms. The van der Waals surface area contributed by atoms with E-state index in [9.17, 15) is 9.59 Å². The molecule has 0 aliphatic carbocycles. The maximum absolute atomic E-state index is 12.2. The second-order valence-corrected chi connectivity index (χ2v) is 7.31. The Kier molecular flexibility index (Phi) is 7.62. The highest BCUT2D eigenvalue weighted by atomic mass is 16.6. The largest absolute Gasteiger partial charge is 0.489 e. The summed E-state index contributed by atoms with van der Waals surface area (Å²) in [7, 11) is 0. The molecule has 0 aliphatic heterocycles. The van der Waals surface area contributed by atoms with E-state index in [1.807, 2.05) is 36.4 Å². The molecule has 0 bridgehead atoms. The average Bonchev–Trinajstić information content (AvgIpc) is 2.66. The standard InChI is InChI=1S/C21H24N4O4/c1-21(2,3)29-20(27)23-17(19(26)24-25-22)13-16-11-7-8-12-18(16)28-14-15-9-5-4-6-10-15/h4-12,17H,13-14H2,1-3H3,(H,23,27)/t17-/m0/s1. The molecule has 0 saturated heterocycles. The zero-order chi connectivity index (χ0) is 21.3. The van der Waals surface area contributed by atoms with Crippen LogP contribution in [0.15, 0.2) is 59.7 Å². The molecule has 2 aromatic rings. The molecule has 0 radical (unpaired) electrons. The Hall–Kier alpha value is -3.51. The van der Waals surface area contributed by atoms with E-state index in [1.54, 1.807) is 39.0 Å². The molecule has 0 aromatic heterocycles. The molecule has 0 heterocycles. The van der Waals surface area contributed by atoms with Gasteiger partial charge in [0, 0.05) is 11.3 Å². The van der Waals surface area contributed by atoms with E-state index < -0.39 is 23.6 Å². The van der Waals surface area contributed by atoms with Gasteiger partial charge < -0.3 is 14.8 Å². The molecule has 8 heteroatoms. The fraction of sp³-hybridized carbons (Fsp3) is 0.333. The number of ether oxygens (including phenoxy) is 2. The highest BCUT2D eigenvalue weighted by molar-refractivity contribution is 5.86. The number of rotatable bonds is 7. The maximum atomic E-state index is 12.2. The van der Waals surface area contributed by atoms with Crippen molar-refractivity contribution in [1.82, 2.24) is 5.32 Å². The van der Waals surface area contributed by atoms with Crippen molar-refractivity contribution < 1.29 is 19.1 Å². The Morgan fingerprint density at radius 2 is 1.76 bits per heavy atom. The van der Waals surface area contributed by atoms with E-state index in [0.717, 1.165) is 5.56 Å². The minimum atomic E-state index is -1.08. The van der Waals surface area contributed by atoms with Crippen LogP contribution < -0.4 is 10.1 Å². The fourth-order valence-electron chi connectivity index (χ4n) is 2.53. The molecule has 2 aromatic carbocycles. The van der Waals surface area contributed by atoms with Gasteiger partial charge in [0.05, 0.1) is 0 Å². The topological polar surface area (TPSA) is 113 Å². The number of nitrogens with one attached hydrogen (secondary N) is 1. The van der Waals surface area contributed by atoms with Gasteiger partial charge in [-0.25, -0.2) is 4.79 Å². The van der Waals surface area contributed by atoms with Crippen LogP contribution in [0.4, 0.5) is 4.79 Å². The highest BCUT2D eigenvalue weighted by Gasteiger charge is 2.25. The number of amides is 2. The number of nitrogens with zero attached hydrogens (tertiary/aromatic N) is 3. The summed E-state index contributed by atoms with van der Waals surface area (Å²) in [6, 6.07) is 15.7. The summed E-state index contributed by atoms with van der Waals surface area (Å²) in [5.74, 6) is -0.239. The zero-order valence-electron chi connectivity index (χ0n) is 16.7. The Balaban J connectivity index is 2.16. The molecule has 2 rings (SSSR count). The van der Waals surface area contributed by atoms with E-state index in [-0.39, 0.29) is 6.42 Å². The van der Waals surface area contributed by atoms with Gasteiger partial charge in [0.1, 0.15) is 24.0 Å². The Morgan fingerprint density at radius 3 is 2.41 bits per heavy atom. The van der Waals surface area contributed by atoms with Gasteiger partial charge in [-0.05, 0) is 48.6 Å². The third-order valence-electron chi connectivity index (χ3n) is 3.77. The quantitative estimate of drug-likeness (QED) is 0.420. The van der Waals surface area contributed by atoms with Crippen molar-refractivity contribution in [1.29, 1.82) is 0 Å². The molecule has 0 unspecified atom stereocenters. The van der Waals surface area contributed by atoms with E-state index in [4.69, 9.17) is 15.0 Å². The lowest BCUT2D eigenvalue weighted by Gasteiger charge is -2.23. The third-order valence-corrected chi connectivity index (χ3v) is 3.77. The molecule has 8 nitrogen and oxygen atoms in total. The number of hydrogen-bond acceptors (Lipinski definition) is 4. The summed E-state index contributed by atoms with van der Waals surface area (Å²) in [5, 5.41) is 5.60. The summed E-state index contributed by atoms with van der Waals surface area (Å²) in [6.07, 6.45) is -0.686. The van der Waals surface area contributed by atoms with Crippen LogP contribution in [0.3, 0.4) is 0 Å². The van der Waals surface area contributed by atoms with Gasteiger partial charge in [-0.3, -0.25) is 4.79 Å². The van der Waals surface area contributed by atoms with Crippen molar-refractivity contribution in [2.45, 2.75) is 45.4 Å². The first-order chi connectivity index (χ1) is 13.8. The molecule has 0 aliphatic rings. The summed E-state index contributed by atoms with van der Waals surface area (Å²) >= 11 is 0. The molecular weight excluding hydrogens is 372 g/mol. The molecule has 152 valence electrons. The van der Waals surface area contributed by atoms with E-state index in [2.05, 4.69) is 15.3 Å². The molecule has 29 heavy (non-hydrogen) atoms. The SMILES string of the molecule is CC(C)(C)OC(=O)N[C@@H](Cc1ccccc1OCc1ccccc1)C(=O)N=[N+]=[N-]. The van der Waals surface area contributed by atoms with Crippen molar-refractivity contribution in [3.8, 4) is 5.75 Å². The molecule has 0 saturated carbocycles. The predicted octanol–water partition coefficient (Wildman–Crippen LogP) is 4.54. The lowest BCUT2D eigenvalue weighted by molar-refractivity contribution is -0.120. The molecule has 1 atom stereocenters. The zero-order valence-corrected chi connectivity index (χ0v) is 16.7. The van der Waals surface area contributed by atoms with Gasteiger partial charge in [-0.15, -0.1) is 0 Å². The van der Waals surface area contributed by atoms with Gasteiger partial charge in [-0.1, -0.05) is 48.5 Å². The number of carbonyl (C=O) groups excluding carboxylic acids is 2. The first kappa shape index (κ1) is 21.8. The Morgan fingerprint density at radius 1 is 1.10 bits per heavy atom. The van der Waals surface area contributed by atoms with E-state index >= 15 is 0 Å². The number of para-hydroxylation sites is 1. The second kappa shape index (κ2) is 10.1. The smallest absolute Gasteiger partial charge is 0.408 e. The van der Waals surface area contributed by atoms with Crippen molar-refractivity contribution in [3.63, 3.8) is 0 Å². The first-order valence-corrected chi connectivity index (χ1v) is 9.11. The summed E-state index contributed by atoms with van der Waals surface area (Å²) in [6.45, 7) is 5.49. The van der Waals surface area contributed by atoms with E-state index in [0.29, 0.717) is 17.9 Å². The van der Waals surface area contributed by atoms with Crippen LogP contribution in [-0.4, -0.2) is 23.6 Å². The van der Waals surface area contributed by atoms with Crippen molar-refractivity contribution in [2.75, 3.05) is 0 Å². The second-order valence-electron chi connectivity index (χ2n) is 7.31. The Bertz CT molecular complexity index is 887. The van der Waals surface area contributed by atoms with Crippen LogP contribution in [0, 0.1) is 0 Å². The van der Waals surface area contributed by atoms with Gasteiger partial charge in [-0.2, -0.15) is 0 Å². The normalized spacial score (nSPS) is 11.7. The molecule has 1 N–H and O–H groups in total. The highest BCUT2D eigenvalue weighted by Crippen LogP contribution is 2.21. The van der Waals surface area contributed by atoms with Crippen LogP contribution in [0.1, 0.15) is 31.9 Å². The minimum absolute atomic E-state index is 0.0854. The number of alkyl carbamates (subject to hydrolysis) is 1. The average molecular weight is 396 g/mol. The Labute approximate surface area is 169 Å². The minimum Gasteiger partial charge on any atom is -0.489 e. The summed E-state index contributed by atoms with van der Waals surface area (Å²) < 4.78 is 11.1. The first-order valence-electron chi connectivity index (χ1n) is 9.11. The van der Waals surface area contributed by atoms with Crippen LogP contribution in [0.5, 0.6) is 5.75 Å². The van der Waals surface area contributed by atoms with Crippen molar-refractivity contribution >= 4 is 12.0 Å². The number of benzene rings is 2. The van der Waals surface area contributed by atoms with Gasteiger partial charge in [0.2, 0.25) is 5.91 Å². The predicted molar refractivity (Wildman–Crippen MR) is 108 cm³/mol. The molecule has 0 fully saturated rings. The molecule has 2 amide bonds.